The average Bonchev–Trinajstić information content (AvgIpc) is 2.82. The molecule has 0 spiro atoms. The number of hydrogen-bond acceptors (Lipinski definition) is 4. The fourth-order valence-corrected chi connectivity index (χ4v) is 1.87. The smallest absolute Gasteiger partial charge is 0.193 e. The van der Waals surface area contributed by atoms with E-state index < -0.39 is 0 Å². The molecule has 1 heterocycles. The van der Waals surface area contributed by atoms with Gasteiger partial charge in [0.25, 0.3) is 0 Å². The minimum Gasteiger partial charge on any atom is -0.378 e. The third kappa shape index (κ3) is 2.15. The molecular weight excluding hydrogens is 226 g/mol. The number of nitrogens with one attached hydrogen (secondary N) is 1. The molecule has 0 aliphatic rings. The molecule has 0 radical (unpaired) electrons. The summed E-state index contributed by atoms with van der Waals surface area (Å²) in [5.74, 6) is 0.686. The van der Waals surface area contributed by atoms with E-state index in [0.717, 1.165) is 5.69 Å². The molecule has 2 aromatic carbocycles. The van der Waals surface area contributed by atoms with Gasteiger partial charge in [-0.25, -0.2) is 0 Å². The van der Waals surface area contributed by atoms with Crippen molar-refractivity contribution in [3.63, 3.8) is 0 Å². The van der Waals surface area contributed by atoms with Gasteiger partial charge in [-0.15, -0.1) is 10.2 Å². The molecular formula is C13H13N5. The van der Waals surface area contributed by atoms with Crippen LogP contribution in [0.3, 0.4) is 0 Å². The van der Waals surface area contributed by atoms with Crippen molar-refractivity contribution in [1.82, 2.24) is 20.2 Å². The Morgan fingerprint density at radius 3 is 2.72 bits per heavy atom. The predicted molar refractivity (Wildman–Crippen MR) is 70.1 cm³/mol. The monoisotopic (exact) mass is 239 g/mol. The molecule has 90 valence electrons. The highest BCUT2D eigenvalue weighted by atomic mass is 15.6. The maximum absolute atomic E-state index is 4.12. The summed E-state index contributed by atoms with van der Waals surface area (Å²) in [4.78, 5) is 1.46. The van der Waals surface area contributed by atoms with Crippen molar-refractivity contribution in [2.24, 2.45) is 7.05 Å². The van der Waals surface area contributed by atoms with Crippen LogP contribution in [-0.2, 0) is 13.6 Å². The standard InChI is InChI=1S/C13H13N5/c1-18-16-13(15-17-18)9-14-12-7-6-10-4-2-3-5-11(10)8-12/h2-8,14H,9H2,1H3. The number of rotatable bonds is 3. The van der Waals surface area contributed by atoms with E-state index in [0.29, 0.717) is 12.4 Å². The second-order valence-corrected chi connectivity index (χ2v) is 4.11. The molecule has 1 aromatic heterocycles. The van der Waals surface area contributed by atoms with Gasteiger partial charge in [0.15, 0.2) is 5.82 Å². The molecule has 5 heteroatoms. The zero-order valence-corrected chi connectivity index (χ0v) is 10.0. The zero-order valence-electron chi connectivity index (χ0n) is 10.0. The Bertz CT molecular complexity index is 674. The van der Waals surface area contributed by atoms with E-state index in [1.54, 1.807) is 7.05 Å². The van der Waals surface area contributed by atoms with Crippen LogP contribution in [0.4, 0.5) is 5.69 Å². The number of tetrazole rings is 1. The van der Waals surface area contributed by atoms with E-state index in [9.17, 15) is 0 Å². The fraction of sp³-hybridized carbons (Fsp3) is 0.154. The van der Waals surface area contributed by atoms with Crippen LogP contribution in [0.5, 0.6) is 0 Å². The van der Waals surface area contributed by atoms with Crippen molar-refractivity contribution in [3.8, 4) is 0 Å². The lowest BCUT2D eigenvalue weighted by atomic mass is 10.1. The van der Waals surface area contributed by atoms with Crippen molar-refractivity contribution in [3.05, 3.63) is 48.3 Å². The van der Waals surface area contributed by atoms with Gasteiger partial charge in [0.1, 0.15) is 0 Å². The summed E-state index contributed by atoms with van der Waals surface area (Å²) in [5, 5.41) is 17.6. The molecule has 0 fully saturated rings. The minimum atomic E-state index is 0.576. The number of hydrogen-bond donors (Lipinski definition) is 1. The molecule has 0 saturated carbocycles. The lowest BCUT2D eigenvalue weighted by Gasteiger charge is -2.05. The quantitative estimate of drug-likeness (QED) is 0.759. The van der Waals surface area contributed by atoms with Crippen LogP contribution in [0.2, 0.25) is 0 Å². The second kappa shape index (κ2) is 4.44. The van der Waals surface area contributed by atoms with Gasteiger partial charge in [0, 0.05) is 5.69 Å². The summed E-state index contributed by atoms with van der Waals surface area (Å²) in [6.07, 6.45) is 0. The van der Waals surface area contributed by atoms with Gasteiger partial charge in [-0.1, -0.05) is 30.3 Å². The van der Waals surface area contributed by atoms with Gasteiger partial charge in [-0.05, 0) is 28.1 Å². The molecule has 0 atom stereocenters. The van der Waals surface area contributed by atoms with Crippen LogP contribution in [-0.4, -0.2) is 20.2 Å². The van der Waals surface area contributed by atoms with Crippen molar-refractivity contribution in [2.75, 3.05) is 5.32 Å². The first-order chi connectivity index (χ1) is 8.81. The van der Waals surface area contributed by atoms with Gasteiger partial charge >= 0.3 is 0 Å². The molecule has 0 aliphatic carbocycles. The molecule has 0 aliphatic heterocycles. The first kappa shape index (κ1) is 10.7. The lowest BCUT2D eigenvalue weighted by molar-refractivity contribution is 0.628. The van der Waals surface area contributed by atoms with Crippen LogP contribution in [0.1, 0.15) is 5.82 Å². The number of aryl methyl sites for hydroxylation is 1. The first-order valence-electron chi connectivity index (χ1n) is 5.77. The van der Waals surface area contributed by atoms with E-state index >= 15 is 0 Å². The number of nitrogens with zero attached hydrogens (tertiary/aromatic N) is 4. The van der Waals surface area contributed by atoms with Crippen molar-refractivity contribution in [1.29, 1.82) is 0 Å². The van der Waals surface area contributed by atoms with E-state index in [-0.39, 0.29) is 0 Å². The summed E-state index contributed by atoms with van der Waals surface area (Å²) in [6, 6.07) is 14.5. The van der Waals surface area contributed by atoms with Gasteiger partial charge in [0.2, 0.25) is 0 Å². The molecule has 0 amide bonds. The molecule has 5 nitrogen and oxygen atoms in total. The van der Waals surface area contributed by atoms with Gasteiger partial charge < -0.3 is 5.32 Å². The Morgan fingerprint density at radius 2 is 1.94 bits per heavy atom. The van der Waals surface area contributed by atoms with Crippen molar-refractivity contribution >= 4 is 16.5 Å². The number of fused-ring (bicyclic) bond motifs is 1. The second-order valence-electron chi connectivity index (χ2n) is 4.11. The first-order valence-corrected chi connectivity index (χ1v) is 5.77. The maximum atomic E-state index is 4.12. The van der Waals surface area contributed by atoms with Crippen molar-refractivity contribution < 1.29 is 0 Å². The summed E-state index contributed by atoms with van der Waals surface area (Å²) in [6.45, 7) is 0.576. The van der Waals surface area contributed by atoms with E-state index in [1.165, 1.54) is 15.6 Å². The molecule has 3 aromatic rings. The highest BCUT2D eigenvalue weighted by Gasteiger charge is 2.00. The molecule has 0 bridgehead atoms. The predicted octanol–water partition coefficient (Wildman–Crippen LogP) is 1.98. The Balaban J connectivity index is 1.78. The van der Waals surface area contributed by atoms with Gasteiger partial charge in [-0.2, -0.15) is 4.80 Å². The Kier molecular flexibility index (Phi) is 2.64. The lowest BCUT2D eigenvalue weighted by Crippen LogP contribution is -2.02. The summed E-state index contributed by atoms with van der Waals surface area (Å²) >= 11 is 0. The van der Waals surface area contributed by atoms with Crippen molar-refractivity contribution in [2.45, 2.75) is 6.54 Å². The van der Waals surface area contributed by atoms with Crippen LogP contribution in [0.25, 0.3) is 10.8 Å². The number of anilines is 1. The Morgan fingerprint density at radius 1 is 1.11 bits per heavy atom. The van der Waals surface area contributed by atoms with Crippen LogP contribution < -0.4 is 5.32 Å². The van der Waals surface area contributed by atoms with E-state index in [4.69, 9.17) is 0 Å². The van der Waals surface area contributed by atoms with E-state index in [1.807, 2.05) is 12.1 Å². The summed E-state index contributed by atoms with van der Waals surface area (Å²) in [7, 11) is 1.76. The maximum Gasteiger partial charge on any atom is 0.193 e. The Labute approximate surface area is 104 Å². The highest BCUT2D eigenvalue weighted by Crippen LogP contribution is 2.18. The topological polar surface area (TPSA) is 55.6 Å². The molecule has 1 N–H and O–H groups in total. The largest absolute Gasteiger partial charge is 0.378 e. The SMILES string of the molecule is Cn1nnc(CNc2ccc3ccccc3c2)n1. The van der Waals surface area contributed by atoms with Crippen LogP contribution in [0, 0.1) is 0 Å². The van der Waals surface area contributed by atoms with Gasteiger partial charge in [0.05, 0.1) is 13.6 Å². The zero-order chi connectivity index (χ0) is 12.4. The third-order valence-electron chi connectivity index (χ3n) is 2.75. The Hall–Kier alpha value is -2.43. The molecule has 0 unspecified atom stereocenters. The highest BCUT2D eigenvalue weighted by molar-refractivity contribution is 5.85. The van der Waals surface area contributed by atoms with Crippen LogP contribution >= 0.6 is 0 Å². The number of aromatic nitrogens is 4. The molecule has 18 heavy (non-hydrogen) atoms. The van der Waals surface area contributed by atoms with E-state index in [2.05, 4.69) is 51.1 Å². The molecule has 0 saturated heterocycles. The normalized spacial score (nSPS) is 10.7. The summed E-state index contributed by atoms with van der Waals surface area (Å²) < 4.78 is 0. The molecule has 3 rings (SSSR count). The van der Waals surface area contributed by atoms with Gasteiger partial charge in [-0.3, -0.25) is 0 Å². The summed E-state index contributed by atoms with van der Waals surface area (Å²) in [5.41, 5.74) is 1.06. The number of benzene rings is 2. The third-order valence-corrected chi connectivity index (χ3v) is 2.75. The minimum absolute atomic E-state index is 0.576. The fourth-order valence-electron chi connectivity index (χ4n) is 1.87. The average molecular weight is 239 g/mol. The van der Waals surface area contributed by atoms with Crippen LogP contribution in [0.15, 0.2) is 42.5 Å².